The van der Waals surface area contributed by atoms with Gasteiger partial charge in [0.1, 0.15) is 0 Å². The molecule has 25 heavy (non-hydrogen) atoms. The Bertz CT molecular complexity index is 787. The predicted molar refractivity (Wildman–Crippen MR) is 96.4 cm³/mol. The summed E-state index contributed by atoms with van der Waals surface area (Å²) in [5.74, 6) is 0.339. The molecule has 1 heterocycles. The maximum absolute atomic E-state index is 12.5. The smallest absolute Gasteiger partial charge is 0.259 e. The molecule has 0 aliphatic heterocycles. The maximum Gasteiger partial charge on any atom is 0.259 e. The summed E-state index contributed by atoms with van der Waals surface area (Å²) in [7, 11) is 1.64. The molecule has 2 aromatic rings. The Hall–Kier alpha value is -2.45. The third kappa shape index (κ3) is 5.01. The molecule has 1 aromatic heterocycles. The van der Waals surface area contributed by atoms with E-state index in [0.717, 1.165) is 0 Å². The first-order valence-corrected chi connectivity index (χ1v) is 8.18. The highest BCUT2D eigenvalue weighted by atomic mass is 35.5. The molecule has 0 fully saturated rings. The summed E-state index contributed by atoms with van der Waals surface area (Å²) in [6.07, 6.45) is 0.394. The van der Waals surface area contributed by atoms with Crippen LogP contribution in [0, 0.1) is 5.92 Å². The van der Waals surface area contributed by atoms with Crippen LogP contribution >= 0.6 is 11.6 Å². The molecule has 0 aliphatic carbocycles. The molecular weight excluding hydrogens is 344 g/mol. The Labute approximate surface area is 150 Å². The first-order valence-electron chi connectivity index (χ1n) is 7.81. The van der Waals surface area contributed by atoms with Crippen molar-refractivity contribution in [3.63, 3.8) is 0 Å². The second-order valence-electron chi connectivity index (χ2n) is 5.97. The van der Waals surface area contributed by atoms with E-state index in [1.165, 1.54) is 10.7 Å². The van der Waals surface area contributed by atoms with E-state index in [1.807, 2.05) is 13.8 Å². The Kier molecular flexibility index (Phi) is 6.11. The highest BCUT2D eigenvalue weighted by molar-refractivity contribution is 6.34. The average molecular weight is 365 g/mol. The van der Waals surface area contributed by atoms with Gasteiger partial charge in [-0.05, 0) is 24.1 Å². The van der Waals surface area contributed by atoms with Gasteiger partial charge in [0.15, 0.2) is 5.82 Å². The van der Waals surface area contributed by atoms with Gasteiger partial charge in [0.2, 0.25) is 11.9 Å². The minimum Gasteiger partial charge on any atom is -0.326 e. The number of hydrogen-bond donors (Lipinski definition) is 3. The number of anilines is 2. The van der Waals surface area contributed by atoms with Crippen molar-refractivity contribution in [2.24, 2.45) is 18.7 Å². The maximum atomic E-state index is 12.5. The summed E-state index contributed by atoms with van der Waals surface area (Å²) >= 11 is 6.11. The third-order valence-electron chi connectivity index (χ3n) is 3.30. The molecular formula is C16H21ClN6O2. The lowest BCUT2D eigenvalue weighted by molar-refractivity contribution is -0.116. The molecule has 0 bridgehead atoms. The standard InChI is InChI=1S/C16H21ClN6O2/c1-9(2)6-14(24)19-10-4-5-12(17)11(7-10)15(25)21-16-20-13(8-18)22-23(16)3/h4-5,7,9H,6,8,18H2,1-3H3,(H,19,24)(H,20,21,22,25). The van der Waals surface area contributed by atoms with Gasteiger partial charge in [-0.1, -0.05) is 25.4 Å². The Balaban J connectivity index is 2.17. The Morgan fingerprint density at radius 1 is 1.32 bits per heavy atom. The van der Waals surface area contributed by atoms with Crippen molar-refractivity contribution in [3.05, 3.63) is 34.6 Å². The summed E-state index contributed by atoms with van der Waals surface area (Å²) in [4.78, 5) is 28.5. The number of hydrogen-bond acceptors (Lipinski definition) is 5. The van der Waals surface area contributed by atoms with Crippen molar-refractivity contribution in [1.29, 1.82) is 0 Å². The molecule has 4 N–H and O–H groups in total. The van der Waals surface area contributed by atoms with Gasteiger partial charge in [0.05, 0.1) is 17.1 Å². The lowest BCUT2D eigenvalue weighted by atomic mass is 10.1. The van der Waals surface area contributed by atoms with E-state index in [1.54, 1.807) is 19.2 Å². The van der Waals surface area contributed by atoms with Crippen LogP contribution in [0.1, 0.15) is 36.5 Å². The number of amides is 2. The van der Waals surface area contributed by atoms with E-state index < -0.39 is 5.91 Å². The second-order valence-corrected chi connectivity index (χ2v) is 6.38. The molecule has 8 nitrogen and oxygen atoms in total. The fourth-order valence-electron chi connectivity index (χ4n) is 2.16. The molecule has 134 valence electrons. The molecule has 0 aliphatic rings. The van der Waals surface area contributed by atoms with Crippen LogP contribution in [0.25, 0.3) is 0 Å². The number of nitrogens with zero attached hydrogens (tertiary/aromatic N) is 3. The molecule has 9 heteroatoms. The molecule has 0 unspecified atom stereocenters. The van der Waals surface area contributed by atoms with Crippen LogP contribution in [0.5, 0.6) is 0 Å². The molecule has 2 rings (SSSR count). The fourth-order valence-corrected chi connectivity index (χ4v) is 2.36. The summed E-state index contributed by atoms with van der Waals surface area (Å²) in [6, 6.07) is 4.73. The average Bonchev–Trinajstić information content (AvgIpc) is 2.88. The van der Waals surface area contributed by atoms with Gasteiger partial charge in [-0.15, -0.1) is 0 Å². The summed E-state index contributed by atoms with van der Waals surface area (Å²) in [5.41, 5.74) is 6.21. The van der Waals surface area contributed by atoms with E-state index >= 15 is 0 Å². The van der Waals surface area contributed by atoms with Crippen molar-refractivity contribution >= 4 is 35.1 Å². The molecule has 0 atom stereocenters. The number of carbonyl (C=O) groups excluding carboxylic acids is 2. The van der Waals surface area contributed by atoms with Gasteiger partial charge in [0.25, 0.3) is 5.91 Å². The SMILES string of the molecule is CC(C)CC(=O)Nc1ccc(Cl)c(C(=O)Nc2nc(CN)nn2C)c1. The largest absolute Gasteiger partial charge is 0.326 e. The van der Waals surface area contributed by atoms with Crippen molar-refractivity contribution in [2.45, 2.75) is 26.8 Å². The summed E-state index contributed by atoms with van der Waals surface area (Å²) in [5, 5.41) is 9.71. The number of aryl methyl sites for hydroxylation is 1. The van der Waals surface area contributed by atoms with Crippen LogP contribution in [-0.4, -0.2) is 26.6 Å². The normalized spacial score (nSPS) is 10.8. The van der Waals surface area contributed by atoms with Crippen molar-refractivity contribution in [1.82, 2.24) is 14.8 Å². The molecule has 2 amide bonds. The molecule has 0 saturated heterocycles. The van der Waals surface area contributed by atoms with Gasteiger partial charge in [-0.3, -0.25) is 14.9 Å². The third-order valence-corrected chi connectivity index (χ3v) is 3.63. The Morgan fingerprint density at radius 3 is 2.64 bits per heavy atom. The Morgan fingerprint density at radius 2 is 2.04 bits per heavy atom. The lowest BCUT2D eigenvalue weighted by Gasteiger charge is -2.10. The number of rotatable bonds is 6. The van der Waals surface area contributed by atoms with E-state index in [9.17, 15) is 9.59 Å². The lowest BCUT2D eigenvalue weighted by Crippen LogP contribution is -2.17. The summed E-state index contributed by atoms with van der Waals surface area (Å²) in [6.45, 7) is 4.08. The zero-order chi connectivity index (χ0) is 18.6. The number of benzene rings is 1. The number of aromatic nitrogens is 3. The first kappa shape index (κ1) is 18.9. The van der Waals surface area contributed by atoms with Crippen molar-refractivity contribution in [2.75, 3.05) is 10.6 Å². The molecule has 0 spiro atoms. The highest BCUT2D eigenvalue weighted by Crippen LogP contribution is 2.22. The van der Waals surface area contributed by atoms with Gasteiger partial charge in [-0.2, -0.15) is 10.1 Å². The van der Waals surface area contributed by atoms with Gasteiger partial charge >= 0.3 is 0 Å². The van der Waals surface area contributed by atoms with E-state index in [0.29, 0.717) is 17.9 Å². The van der Waals surface area contributed by atoms with Gasteiger partial charge in [-0.25, -0.2) is 4.68 Å². The van der Waals surface area contributed by atoms with E-state index in [2.05, 4.69) is 20.7 Å². The number of nitrogens with two attached hydrogens (primary N) is 1. The van der Waals surface area contributed by atoms with Crippen molar-refractivity contribution < 1.29 is 9.59 Å². The van der Waals surface area contributed by atoms with E-state index in [4.69, 9.17) is 17.3 Å². The summed E-state index contributed by atoms with van der Waals surface area (Å²) < 4.78 is 1.42. The number of halogens is 1. The monoisotopic (exact) mass is 364 g/mol. The van der Waals surface area contributed by atoms with Crippen molar-refractivity contribution in [3.8, 4) is 0 Å². The number of nitrogens with one attached hydrogen (secondary N) is 2. The van der Waals surface area contributed by atoms with Crippen LogP contribution in [0.3, 0.4) is 0 Å². The molecule has 0 saturated carbocycles. The second kappa shape index (κ2) is 8.09. The zero-order valence-corrected chi connectivity index (χ0v) is 15.1. The van der Waals surface area contributed by atoms with Gasteiger partial charge in [0, 0.05) is 19.2 Å². The van der Waals surface area contributed by atoms with Gasteiger partial charge < -0.3 is 11.1 Å². The van der Waals surface area contributed by atoms with Crippen LogP contribution in [0.15, 0.2) is 18.2 Å². The molecule has 1 aromatic carbocycles. The van der Waals surface area contributed by atoms with E-state index in [-0.39, 0.29) is 34.9 Å². The highest BCUT2D eigenvalue weighted by Gasteiger charge is 2.16. The van der Waals surface area contributed by atoms with Crippen LogP contribution in [-0.2, 0) is 18.4 Å². The topological polar surface area (TPSA) is 115 Å². The zero-order valence-electron chi connectivity index (χ0n) is 14.3. The fraction of sp³-hybridized carbons (Fsp3) is 0.375. The minimum atomic E-state index is -0.455. The van der Waals surface area contributed by atoms with Crippen LogP contribution in [0.2, 0.25) is 5.02 Å². The van der Waals surface area contributed by atoms with Crippen LogP contribution in [0.4, 0.5) is 11.6 Å². The molecule has 0 radical (unpaired) electrons. The first-order chi connectivity index (χ1) is 11.8. The quantitative estimate of drug-likeness (QED) is 0.726. The minimum absolute atomic E-state index is 0.121. The number of carbonyl (C=O) groups is 2. The van der Waals surface area contributed by atoms with Crippen LogP contribution < -0.4 is 16.4 Å². The predicted octanol–water partition coefficient (Wildman–Crippen LogP) is 2.16.